The molecular formula is C25H42N2O19. The van der Waals surface area contributed by atoms with E-state index in [9.17, 15) is 70.6 Å². The summed E-state index contributed by atoms with van der Waals surface area (Å²) in [6.07, 6.45) is -25.8. The van der Waals surface area contributed by atoms with Crippen LogP contribution in [0.3, 0.4) is 0 Å². The Bertz CT molecular complexity index is 1050. The van der Waals surface area contributed by atoms with Gasteiger partial charge in [-0.3, -0.25) is 9.59 Å². The molecule has 3 fully saturated rings. The zero-order valence-corrected chi connectivity index (χ0v) is 24.7. The van der Waals surface area contributed by atoms with Gasteiger partial charge in [0, 0.05) is 20.3 Å². The van der Waals surface area contributed by atoms with Crippen LogP contribution in [-0.4, -0.2) is 191 Å². The molecule has 266 valence electrons. The van der Waals surface area contributed by atoms with E-state index in [0.29, 0.717) is 0 Å². The van der Waals surface area contributed by atoms with Crippen molar-refractivity contribution in [2.45, 2.75) is 118 Å². The third-order valence-corrected chi connectivity index (χ3v) is 7.87. The number of carbonyl (C=O) groups is 3. The summed E-state index contributed by atoms with van der Waals surface area (Å²) in [5.74, 6) is -6.50. The Hall–Kier alpha value is -2.19. The number of carboxylic acids is 1. The summed E-state index contributed by atoms with van der Waals surface area (Å²) < 4.78 is 27.3. The lowest BCUT2D eigenvalue weighted by atomic mass is 9.88. The van der Waals surface area contributed by atoms with E-state index in [1.165, 1.54) is 0 Å². The van der Waals surface area contributed by atoms with Crippen LogP contribution in [0.1, 0.15) is 20.3 Å². The van der Waals surface area contributed by atoms with Crippen LogP contribution in [0.2, 0.25) is 0 Å². The lowest BCUT2D eigenvalue weighted by Crippen LogP contribution is -2.71. The Labute approximate surface area is 260 Å². The number of aliphatic carboxylic acids is 1. The van der Waals surface area contributed by atoms with Crippen LogP contribution < -0.4 is 10.6 Å². The number of amides is 2. The minimum Gasteiger partial charge on any atom is -0.477 e. The first-order valence-corrected chi connectivity index (χ1v) is 14.2. The summed E-state index contributed by atoms with van der Waals surface area (Å²) in [6, 6.07) is -3.08. The molecule has 2 amide bonds. The number of aliphatic hydroxyl groups is 10. The minimum absolute atomic E-state index is 0.720. The smallest absolute Gasteiger partial charge is 0.364 e. The number of aliphatic hydroxyl groups excluding tert-OH is 10. The number of carbonyl (C=O) groups excluding carboxylic acids is 2. The largest absolute Gasteiger partial charge is 0.477 e. The summed E-state index contributed by atoms with van der Waals surface area (Å²) in [6.45, 7) is -0.777. The second-order valence-electron chi connectivity index (χ2n) is 11.2. The van der Waals surface area contributed by atoms with Gasteiger partial charge in [-0.25, -0.2) is 4.79 Å². The Balaban J connectivity index is 1.98. The predicted molar refractivity (Wildman–Crippen MR) is 142 cm³/mol. The Morgan fingerprint density at radius 3 is 1.91 bits per heavy atom. The number of rotatable bonds is 12. The normalized spacial score (nSPS) is 42.9. The summed E-state index contributed by atoms with van der Waals surface area (Å²) in [5, 5.41) is 118. The Morgan fingerprint density at radius 2 is 1.39 bits per heavy atom. The van der Waals surface area contributed by atoms with Gasteiger partial charge in [-0.1, -0.05) is 0 Å². The van der Waals surface area contributed by atoms with Gasteiger partial charge in [0.05, 0.1) is 32.0 Å². The molecule has 16 unspecified atom stereocenters. The number of carboxylic acid groups (broad SMARTS) is 1. The highest BCUT2D eigenvalue weighted by molar-refractivity contribution is 5.76. The van der Waals surface area contributed by atoms with Gasteiger partial charge >= 0.3 is 5.97 Å². The van der Waals surface area contributed by atoms with Gasteiger partial charge in [-0.2, -0.15) is 0 Å². The van der Waals surface area contributed by atoms with E-state index in [1.807, 2.05) is 0 Å². The monoisotopic (exact) mass is 674 g/mol. The molecule has 3 aliphatic rings. The summed E-state index contributed by atoms with van der Waals surface area (Å²) in [7, 11) is 0. The molecule has 0 aromatic carbocycles. The third-order valence-electron chi connectivity index (χ3n) is 7.87. The van der Waals surface area contributed by atoms with Crippen LogP contribution in [0.5, 0.6) is 0 Å². The molecule has 0 aliphatic carbocycles. The van der Waals surface area contributed by atoms with Crippen molar-refractivity contribution in [2.75, 3.05) is 19.8 Å². The molecule has 0 radical (unpaired) electrons. The summed E-state index contributed by atoms with van der Waals surface area (Å²) in [5.41, 5.74) is 0. The molecule has 3 rings (SSSR count). The van der Waals surface area contributed by atoms with Crippen LogP contribution in [-0.2, 0) is 38.1 Å². The maximum absolute atomic E-state index is 12.6. The molecular weight excluding hydrogens is 632 g/mol. The molecule has 3 heterocycles. The van der Waals surface area contributed by atoms with E-state index in [1.54, 1.807) is 0 Å². The fraction of sp³-hybridized carbons (Fsp3) is 0.880. The predicted octanol–water partition coefficient (Wildman–Crippen LogP) is -8.08. The zero-order chi connectivity index (χ0) is 34.7. The highest BCUT2D eigenvalue weighted by atomic mass is 16.8. The highest BCUT2D eigenvalue weighted by Gasteiger charge is 2.60. The van der Waals surface area contributed by atoms with Gasteiger partial charge in [0.15, 0.2) is 12.6 Å². The lowest BCUT2D eigenvalue weighted by molar-refractivity contribution is -0.380. The first-order valence-electron chi connectivity index (χ1n) is 14.2. The van der Waals surface area contributed by atoms with E-state index in [2.05, 4.69) is 10.6 Å². The van der Waals surface area contributed by atoms with Gasteiger partial charge in [0.2, 0.25) is 11.8 Å². The molecule has 16 atom stereocenters. The Morgan fingerprint density at radius 1 is 0.848 bits per heavy atom. The van der Waals surface area contributed by atoms with Crippen molar-refractivity contribution in [2.24, 2.45) is 0 Å². The van der Waals surface area contributed by atoms with Gasteiger partial charge in [0.1, 0.15) is 67.1 Å². The zero-order valence-electron chi connectivity index (χ0n) is 24.7. The molecule has 0 aromatic rings. The molecule has 0 spiro atoms. The molecule has 21 nitrogen and oxygen atoms in total. The van der Waals surface area contributed by atoms with Crippen molar-refractivity contribution in [3.05, 3.63) is 0 Å². The molecule has 13 N–H and O–H groups in total. The first-order chi connectivity index (χ1) is 21.5. The number of hydrogen-bond acceptors (Lipinski definition) is 18. The summed E-state index contributed by atoms with van der Waals surface area (Å²) >= 11 is 0. The van der Waals surface area contributed by atoms with Crippen molar-refractivity contribution in [1.29, 1.82) is 0 Å². The molecule has 0 aromatic heterocycles. The summed E-state index contributed by atoms with van der Waals surface area (Å²) in [4.78, 5) is 36.2. The van der Waals surface area contributed by atoms with Crippen molar-refractivity contribution in [1.82, 2.24) is 10.6 Å². The average Bonchev–Trinajstić information content (AvgIpc) is 2.99. The quantitative estimate of drug-likeness (QED) is 0.0913. The molecule has 3 saturated heterocycles. The van der Waals surface area contributed by atoms with E-state index in [4.69, 9.17) is 23.7 Å². The van der Waals surface area contributed by atoms with Crippen molar-refractivity contribution in [3.8, 4) is 0 Å². The van der Waals surface area contributed by atoms with E-state index in [-0.39, 0.29) is 0 Å². The molecule has 21 heteroatoms. The highest BCUT2D eigenvalue weighted by Crippen LogP contribution is 2.38. The second-order valence-corrected chi connectivity index (χ2v) is 11.2. The van der Waals surface area contributed by atoms with Gasteiger partial charge < -0.3 is 90.5 Å². The molecule has 46 heavy (non-hydrogen) atoms. The van der Waals surface area contributed by atoms with Gasteiger partial charge in [0.25, 0.3) is 5.79 Å². The average molecular weight is 675 g/mol. The van der Waals surface area contributed by atoms with Gasteiger partial charge in [-0.05, 0) is 0 Å². The van der Waals surface area contributed by atoms with Crippen molar-refractivity contribution in [3.63, 3.8) is 0 Å². The minimum atomic E-state index is -3.04. The fourth-order valence-corrected chi connectivity index (χ4v) is 5.56. The van der Waals surface area contributed by atoms with E-state index < -0.39 is 142 Å². The standard InChI is InChI=1S/C25H42N2O19/c1-7(31)26-13-9(33)3-25(24(40)41,45-20(13)15(35)10(34)4-28)46-21-17(37)12(6-30)43-23(18(21)38)44-19-14(27-8(2)32)22(39)42-11(5-29)16(19)36/h9-23,28-30,33-39H,3-6H2,1-2H3,(H,26,31)(H,27,32)(H,40,41). The first kappa shape index (κ1) is 38.3. The van der Waals surface area contributed by atoms with Crippen LogP contribution in [0.25, 0.3) is 0 Å². The topological polar surface area (TPSA) is 344 Å². The van der Waals surface area contributed by atoms with Crippen LogP contribution >= 0.6 is 0 Å². The van der Waals surface area contributed by atoms with Crippen LogP contribution in [0.15, 0.2) is 0 Å². The second kappa shape index (κ2) is 15.8. The fourth-order valence-electron chi connectivity index (χ4n) is 5.56. The van der Waals surface area contributed by atoms with Gasteiger partial charge in [-0.15, -0.1) is 0 Å². The number of nitrogens with one attached hydrogen (secondary N) is 2. The lowest BCUT2D eigenvalue weighted by Gasteiger charge is -2.50. The molecule has 3 aliphatic heterocycles. The molecule has 0 bridgehead atoms. The SMILES string of the molecule is CC(=O)NC1C(O)CC(OC2C(O)C(CO)OC(OC3C(O)C(CO)OC(O)C3NC(C)=O)C2O)(C(=O)O)OC1C(O)C(O)CO. The number of hydrogen-bond donors (Lipinski definition) is 13. The number of ether oxygens (including phenoxy) is 5. The molecule has 0 saturated carbocycles. The van der Waals surface area contributed by atoms with Crippen molar-refractivity contribution < 1.29 is 94.2 Å². The van der Waals surface area contributed by atoms with Crippen LogP contribution in [0.4, 0.5) is 0 Å². The van der Waals surface area contributed by atoms with Crippen LogP contribution in [0, 0.1) is 0 Å². The Kier molecular flexibility index (Phi) is 13.1. The third kappa shape index (κ3) is 8.08. The van der Waals surface area contributed by atoms with E-state index >= 15 is 0 Å². The maximum atomic E-state index is 12.6. The maximum Gasteiger partial charge on any atom is 0.364 e. The van der Waals surface area contributed by atoms with E-state index in [0.717, 1.165) is 13.8 Å². The van der Waals surface area contributed by atoms with Crippen molar-refractivity contribution >= 4 is 17.8 Å².